The molecule has 16 heavy (non-hydrogen) atoms. The van der Waals surface area contributed by atoms with Crippen molar-refractivity contribution >= 4 is 0 Å². The van der Waals surface area contributed by atoms with Crippen molar-refractivity contribution in [2.75, 3.05) is 0 Å². The van der Waals surface area contributed by atoms with Crippen LogP contribution in [0.3, 0.4) is 0 Å². The lowest BCUT2D eigenvalue weighted by Gasteiger charge is -2.18. The minimum absolute atomic E-state index is 0.461. The van der Waals surface area contributed by atoms with Gasteiger partial charge in [-0.25, -0.2) is 0 Å². The molecule has 0 amide bonds. The lowest BCUT2D eigenvalue weighted by atomic mass is 10.0. The molecule has 1 heterocycles. The molecule has 1 aromatic carbocycles. The molecule has 1 nitrogen and oxygen atoms in total. The molecule has 0 saturated carbocycles. The highest BCUT2D eigenvalue weighted by atomic mass is 16.5. The maximum atomic E-state index is 6.03. The van der Waals surface area contributed by atoms with Crippen LogP contribution >= 0.6 is 0 Å². The van der Waals surface area contributed by atoms with Crippen LogP contribution in [-0.4, -0.2) is 12.2 Å². The van der Waals surface area contributed by atoms with E-state index in [0.29, 0.717) is 12.2 Å². The van der Waals surface area contributed by atoms with Gasteiger partial charge in [-0.2, -0.15) is 0 Å². The van der Waals surface area contributed by atoms with Gasteiger partial charge in [-0.15, -0.1) is 0 Å². The third-order valence-electron chi connectivity index (χ3n) is 3.41. The lowest BCUT2D eigenvalue weighted by Crippen LogP contribution is -2.17. The van der Waals surface area contributed by atoms with Crippen molar-refractivity contribution in [1.82, 2.24) is 0 Å². The molecule has 0 spiro atoms. The minimum atomic E-state index is 0.461. The average molecular weight is 218 g/mol. The van der Waals surface area contributed by atoms with Gasteiger partial charge in [-0.05, 0) is 38.2 Å². The van der Waals surface area contributed by atoms with Crippen molar-refractivity contribution < 1.29 is 4.74 Å². The van der Waals surface area contributed by atoms with Gasteiger partial charge >= 0.3 is 0 Å². The number of benzene rings is 1. The van der Waals surface area contributed by atoms with Crippen LogP contribution in [0.25, 0.3) is 0 Å². The average Bonchev–Trinajstić information content (AvgIpc) is 2.52. The fourth-order valence-corrected chi connectivity index (χ4v) is 2.45. The first-order valence-corrected chi connectivity index (χ1v) is 6.54. The van der Waals surface area contributed by atoms with E-state index in [1.165, 1.54) is 37.7 Å². The minimum Gasteiger partial charge on any atom is -0.375 e. The third-order valence-corrected chi connectivity index (χ3v) is 3.41. The first-order chi connectivity index (χ1) is 7.84. The molecule has 0 bridgehead atoms. The molecule has 0 N–H and O–H groups in total. The van der Waals surface area contributed by atoms with E-state index in [4.69, 9.17) is 4.74 Å². The molecule has 0 unspecified atom stereocenters. The number of ether oxygens (including phenoxy) is 1. The molecule has 0 aromatic heterocycles. The maximum absolute atomic E-state index is 6.03. The molecule has 1 aliphatic heterocycles. The second-order valence-electron chi connectivity index (χ2n) is 4.88. The molecule has 2 rings (SSSR count). The van der Waals surface area contributed by atoms with Gasteiger partial charge in [0, 0.05) is 0 Å². The largest absolute Gasteiger partial charge is 0.375 e. The summed E-state index contributed by atoms with van der Waals surface area (Å²) in [5.74, 6) is 0. The van der Waals surface area contributed by atoms with Gasteiger partial charge in [0.05, 0.1) is 12.2 Å². The van der Waals surface area contributed by atoms with Crippen molar-refractivity contribution in [2.24, 2.45) is 0 Å². The number of hydrogen-bond acceptors (Lipinski definition) is 1. The Balaban J connectivity index is 1.80. The molecule has 1 aromatic rings. The Bertz CT molecular complexity index is 294. The summed E-state index contributed by atoms with van der Waals surface area (Å²) in [6.07, 6.45) is 8.43. The zero-order valence-electron chi connectivity index (χ0n) is 10.2. The summed E-state index contributed by atoms with van der Waals surface area (Å²) >= 11 is 0. The molecule has 1 aliphatic rings. The number of hydrogen-bond donors (Lipinski definition) is 0. The number of aryl methyl sites for hydroxylation is 1. The van der Waals surface area contributed by atoms with Crippen LogP contribution in [0.15, 0.2) is 30.3 Å². The monoisotopic (exact) mass is 218 g/mol. The van der Waals surface area contributed by atoms with Gasteiger partial charge in [0.1, 0.15) is 0 Å². The van der Waals surface area contributed by atoms with Gasteiger partial charge in [0.25, 0.3) is 0 Å². The Hall–Kier alpha value is -0.820. The zero-order chi connectivity index (χ0) is 11.2. The molecular weight excluding hydrogens is 196 g/mol. The summed E-state index contributed by atoms with van der Waals surface area (Å²) in [4.78, 5) is 0. The van der Waals surface area contributed by atoms with Gasteiger partial charge in [-0.1, -0.05) is 43.2 Å². The molecule has 1 fully saturated rings. The van der Waals surface area contributed by atoms with E-state index >= 15 is 0 Å². The SMILES string of the molecule is C[C@@H]1CCCC[C@@H](CCc2ccccc2)O1. The van der Waals surface area contributed by atoms with E-state index in [-0.39, 0.29) is 0 Å². The van der Waals surface area contributed by atoms with Gasteiger partial charge in [0.15, 0.2) is 0 Å². The van der Waals surface area contributed by atoms with E-state index in [1.807, 2.05) is 0 Å². The molecular formula is C15H22O. The van der Waals surface area contributed by atoms with Crippen LogP contribution < -0.4 is 0 Å². The highest BCUT2D eigenvalue weighted by Gasteiger charge is 2.16. The second-order valence-corrected chi connectivity index (χ2v) is 4.88. The summed E-state index contributed by atoms with van der Waals surface area (Å²) in [6.45, 7) is 2.21. The van der Waals surface area contributed by atoms with Crippen molar-refractivity contribution in [1.29, 1.82) is 0 Å². The Labute approximate surface area is 98.8 Å². The Kier molecular flexibility index (Phi) is 4.41. The normalized spacial score (nSPS) is 26.3. The molecule has 1 saturated heterocycles. The first kappa shape index (κ1) is 11.7. The van der Waals surface area contributed by atoms with E-state index in [0.717, 1.165) is 6.42 Å². The fraction of sp³-hybridized carbons (Fsp3) is 0.600. The summed E-state index contributed by atoms with van der Waals surface area (Å²) in [6, 6.07) is 10.7. The summed E-state index contributed by atoms with van der Waals surface area (Å²) in [5, 5.41) is 0. The third kappa shape index (κ3) is 3.64. The van der Waals surface area contributed by atoms with Crippen LogP contribution in [0.4, 0.5) is 0 Å². The standard InChI is InChI=1S/C15H22O/c1-13-7-5-6-10-15(16-13)12-11-14-8-3-2-4-9-14/h2-4,8-9,13,15H,5-7,10-12H2,1H3/t13-,15+/m1/s1. The van der Waals surface area contributed by atoms with Crippen molar-refractivity contribution in [3.05, 3.63) is 35.9 Å². The van der Waals surface area contributed by atoms with Crippen LogP contribution in [0.1, 0.15) is 44.6 Å². The summed E-state index contributed by atoms with van der Waals surface area (Å²) < 4.78 is 6.03. The number of rotatable bonds is 3. The van der Waals surface area contributed by atoms with E-state index in [2.05, 4.69) is 37.3 Å². The molecule has 0 aliphatic carbocycles. The Morgan fingerprint density at radius 2 is 1.88 bits per heavy atom. The maximum Gasteiger partial charge on any atom is 0.0582 e. The van der Waals surface area contributed by atoms with Crippen molar-refractivity contribution in [3.8, 4) is 0 Å². The topological polar surface area (TPSA) is 9.23 Å². The highest BCUT2D eigenvalue weighted by molar-refractivity contribution is 5.14. The van der Waals surface area contributed by atoms with Crippen LogP contribution in [0, 0.1) is 0 Å². The second kappa shape index (κ2) is 6.05. The predicted molar refractivity (Wildman–Crippen MR) is 67.6 cm³/mol. The van der Waals surface area contributed by atoms with Crippen molar-refractivity contribution in [2.45, 2.75) is 57.7 Å². The molecule has 0 radical (unpaired) electrons. The Morgan fingerprint density at radius 1 is 1.12 bits per heavy atom. The van der Waals surface area contributed by atoms with Crippen molar-refractivity contribution in [3.63, 3.8) is 0 Å². The first-order valence-electron chi connectivity index (χ1n) is 6.54. The Morgan fingerprint density at radius 3 is 2.69 bits per heavy atom. The van der Waals surface area contributed by atoms with Gasteiger partial charge in [-0.3, -0.25) is 0 Å². The lowest BCUT2D eigenvalue weighted by molar-refractivity contribution is -0.00189. The van der Waals surface area contributed by atoms with Gasteiger partial charge in [0.2, 0.25) is 0 Å². The predicted octanol–water partition coefficient (Wildman–Crippen LogP) is 3.97. The van der Waals surface area contributed by atoms with Crippen LogP contribution in [0.5, 0.6) is 0 Å². The molecule has 2 atom stereocenters. The van der Waals surface area contributed by atoms with Crippen LogP contribution in [0.2, 0.25) is 0 Å². The molecule has 88 valence electrons. The smallest absolute Gasteiger partial charge is 0.0582 e. The quantitative estimate of drug-likeness (QED) is 0.746. The van der Waals surface area contributed by atoms with Gasteiger partial charge < -0.3 is 4.74 Å². The van der Waals surface area contributed by atoms with E-state index in [1.54, 1.807) is 0 Å². The van der Waals surface area contributed by atoms with E-state index < -0.39 is 0 Å². The summed E-state index contributed by atoms with van der Waals surface area (Å²) in [7, 11) is 0. The fourth-order valence-electron chi connectivity index (χ4n) is 2.45. The molecule has 1 heteroatoms. The zero-order valence-corrected chi connectivity index (χ0v) is 10.2. The summed E-state index contributed by atoms with van der Waals surface area (Å²) in [5.41, 5.74) is 1.43. The van der Waals surface area contributed by atoms with E-state index in [9.17, 15) is 0 Å². The highest BCUT2D eigenvalue weighted by Crippen LogP contribution is 2.21. The van der Waals surface area contributed by atoms with Crippen LogP contribution in [-0.2, 0) is 11.2 Å².